The average Bonchev–Trinajstić information content (AvgIpc) is 2.45. The second-order valence-corrected chi connectivity index (χ2v) is 5.42. The molecule has 0 spiro atoms. The Morgan fingerprint density at radius 3 is 2.57 bits per heavy atom. The molecule has 6 heteroatoms. The van der Waals surface area contributed by atoms with Crippen molar-refractivity contribution in [3.63, 3.8) is 0 Å². The van der Waals surface area contributed by atoms with Gasteiger partial charge in [0.05, 0.1) is 0 Å². The first-order chi connectivity index (χ1) is 9.99. The van der Waals surface area contributed by atoms with Crippen molar-refractivity contribution in [3.8, 4) is 0 Å². The van der Waals surface area contributed by atoms with Crippen LogP contribution in [0.1, 0.15) is 35.2 Å². The van der Waals surface area contributed by atoms with E-state index in [9.17, 15) is 14.4 Å². The number of imide groups is 1. The van der Waals surface area contributed by atoms with Gasteiger partial charge < -0.3 is 5.32 Å². The van der Waals surface area contributed by atoms with Gasteiger partial charge in [-0.3, -0.25) is 19.3 Å². The average molecular weight is 309 g/mol. The predicted octanol–water partition coefficient (Wildman–Crippen LogP) is 1.92. The van der Waals surface area contributed by atoms with Crippen molar-refractivity contribution in [3.05, 3.63) is 34.3 Å². The molecule has 1 fully saturated rings. The van der Waals surface area contributed by atoms with Gasteiger partial charge in [-0.25, -0.2) is 0 Å². The number of rotatable bonds is 4. The van der Waals surface area contributed by atoms with E-state index in [2.05, 4.69) is 5.32 Å². The molecule has 1 aromatic rings. The van der Waals surface area contributed by atoms with Crippen LogP contribution in [-0.4, -0.2) is 35.7 Å². The highest BCUT2D eigenvalue weighted by Gasteiger charge is 2.25. The van der Waals surface area contributed by atoms with E-state index in [1.165, 1.54) is 4.90 Å². The molecule has 21 heavy (non-hydrogen) atoms. The Balaban J connectivity index is 1.87. The molecule has 0 atom stereocenters. The summed E-state index contributed by atoms with van der Waals surface area (Å²) in [5.74, 6) is -0.572. The van der Waals surface area contributed by atoms with E-state index in [4.69, 9.17) is 11.6 Å². The highest BCUT2D eigenvalue weighted by molar-refractivity contribution is 6.31. The standard InChI is InChI=1S/C15H17ClN2O3/c1-10-9-11(5-6-12(10)16)15(21)17-7-8-18-13(19)3-2-4-14(18)20/h5-6,9H,2-4,7-8H2,1H3,(H,17,21). The molecule has 1 saturated heterocycles. The molecule has 1 aromatic carbocycles. The first-order valence-corrected chi connectivity index (χ1v) is 7.24. The summed E-state index contributed by atoms with van der Waals surface area (Å²) in [6.07, 6.45) is 1.41. The minimum Gasteiger partial charge on any atom is -0.350 e. The third-order valence-corrected chi connectivity index (χ3v) is 3.85. The molecule has 0 aliphatic carbocycles. The number of amides is 3. The lowest BCUT2D eigenvalue weighted by Gasteiger charge is -2.24. The first kappa shape index (κ1) is 15.5. The number of nitrogens with one attached hydrogen (secondary N) is 1. The fourth-order valence-corrected chi connectivity index (χ4v) is 2.34. The summed E-state index contributed by atoms with van der Waals surface area (Å²) in [5, 5.41) is 3.31. The topological polar surface area (TPSA) is 66.5 Å². The van der Waals surface area contributed by atoms with Crippen LogP contribution in [0, 0.1) is 6.92 Å². The lowest BCUT2D eigenvalue weighted by molar-refractivity contribution is -0.147. The Morgan fingerprint density at radius 1 is 1.29 bits per heavy atom. The zero-order chi connectivity index (χ0) is 15.4. The van der Waals surface area contributed by atoms with Crippen LogP contribution in [0.2, 0.25) is 5.02 Å². The van der Waals surface area contributed by atoms with Gasteiger partial charge >= 0.3 is 0 Å². The Hall–Kier alpha value is -1.88. The lowest BCUT2D eigenvalue weighted by Crippen LogP contribution is -2.44. The van der Waals surface area contributed by atoms with Gasteiger partial charge in [0.2, 0.25) is 11.8 Å². The Labute approximate surface area is 128 Å². The van der Waals surface area contributed by atoms with Gasteiger partial charge in [0, 0.05) is 36.5 Å². The number of benzene rings is 1. The molecule has 3 amide bonds. The molecule has 0 bridgehead atoms. The molecule has 1 aliphatic rings. The van der Waals surface area contributed by atoms with E-state index in [0.29, 0.717) is 29.8 Å². The largest absolute Gasteiger partial charge is 0.350 e. The van der Waals surface area contributed by atoms with Crippen LogP contribution in [0.4, 0.5) is 0 Å². The third kappa shape index (κ3) is 3.82. The number of nitrogens with zero attached hydrogens (tertiary/aromatic N) is 1. The molecular weight excluding hydrogens is 292 g/mol. The molecule has 0 radical (unpaired) electrons. The van der Waals surface area contributed by atoms with Crippen LogP contribution in [0.15, 0.2) is 18.2 Å². The van der Waals surface area contributed by atoms with Crippen LogP contribution >= 0.6 is 11.6 Å². The van der Waals surface area contributed by atoms with Gasteiger partial charge in [0.25, 0.3) is 5.91 Å². The molecule has 1 heterocycles. The summed E-state index contributed by atoms with van der Waals surface area (Å²) in [6, 6.07) is 5.01. The predicted molar refractivity (Wildman–Crippen MR) is 79.1 cm³/mol. The van der Waals surface area contributed by atoms with E-state index in [-0.39, 0.29) is 30.8 Å². The molecule has 5 nitrogen and oxygen atoms in total. The minimum atomic E-state index is -0.244. The quantitative estimate of drug-likeness (QED) is 0.864. The Kier molecular flexibility index (Phi) is 4.96. The molecule has 0 unspecified atom stereocenters. The number of carbonyl (C=O) groups is 3. The normalized spacial score (nSPS) is 15.2. The summed E-state index contributed by atoms with van der Waals surface area (Å²) >= 11 is 5.91. The maximum atomic E-state index is 12.0. The van der Waals surface area contributed by atoms with Gasteiger partial charge in [-0.1, -0.05) is 11.6 Å². The first-order valence-electron chi connectivity index (χ1n) is 6.86. The second kappa shape index (κ2) is 6.72. The summed E-state index contributed by atoms with van der Waals surface area (Å²) in [5.41, 5.74) is 1.33. The fourth-order valence-electron chi connectivity index (χ4n) is 2.22. The molecule has 0 aromatic heterocycles. The fraction of sp³-hybridized carbons (Fsp3) is 0.400. The molecule has 0 saturated carbocycles. The van der Waals surface area contributed by atoms with Crippen molar-refractivity contribution in [2.75, 3.05) is 13.1 Å². The van der Waals surface area contributed by atoms with Crippen LogP contribution in [-0.2, 0) is 9.59 Å². The van der Waals surface area contributed by atoms with E-state index in [0.717, 1.165) is 5.56 Å². The van der Waals surface area contributed by atoms with Gasteiger partial charge in [-0.2, -0.15) is 0 Å². The van der Waals surface area contributed by atoms with Gasteiger partial charge in [0.1, 0.15) is 0 Å². The molecule has 1 N–H and O–H groups in total. The van der Waals surface area contributed by atoms with Crippen molar-refractivity contribution >= 4 is 29.3 Å². The van der Waals surface area contributed by atoms with Crippen molar-refractivity contribution in [1.29, 1.82) is 0 Å². The lowest BCUT2D eigenvalue weighted by atomic mass is 10.1. The van der Waals surface area contributed by atoms with Gasteiger partial charge in [-0.05, 0) is 37.1 Å². The van der Waals surface area contributed by atoms with E-state index in [1.54, 1.807) is 18.2 Å². The number of aryl methyl sites for hydroxylation is 1. The Bertz CT molecular complexity index is 570. The number of halogens is 1. The number of carbonyl (C=O) groups excluding carboxylic acids is 3. The van der Waals surface area contributed by atoms with E-state index in [1.807, 2.05) is 6.92 Å². The van der Waals surface area contributed by atoms with Crippen molar-refractivity contribution in [1.82, 2.24) is 10.2 Å². The molecular formula is C15H17ClN2O3. The molecule has 1 aliphatic heterocycles. The third-order valence-electron chi connectivity index (χ3n) is 3.42. The summed E-state index contributed by atoms with van der Waals surface area (Å²) in [6.45, 7) is 2.29. The molecule has 2 rings (SSSR count). The zero-order valence-electron chi connectivity index (χ0n) is 11.8. The van der Waals surface area contributed by atoms with Crippen LogP contribution in [0.5, 0.6) is 0 Å². The highest BCUT2D eigenvalue weighted by atomic mass is 35.5. The van der Waals surface area contributed by atoms with Crippen molar-refractivity contribution < 1.29 is 14.4 Å². The van der Waals surface area contributed by atoms with Crippen LogP contribution < -0.4 is 5.32 Å². The minimum absolute atomic E-state index is 0.164. The monoisotopic (exact) mass is 308 g/mol. The Morgan fingerprint density at radius 2 is 1.95 bits per heavy atom. The maximum Gasteiger partial charge on any atom is 0.251 e. The summed E-state index contributed by atoms with van der Waals surface area (Å²) in [4.78, 5) is 36.4. The summed E-state index contributed by atoms with van der Waals surface area (Å²) in [7, 11) is 0. The van der Waals surface area contributed by atoms with E-state index < -0.39 is 0 Å². The molecule has 112 valence electrons. The summed E-state index contributed by atoms with van der Waals surface area (Å²) < 4.78 is 0. The second-order valence-electron chi connectivity index (χ2n) is 5.01. The maximum absolute atomic E-state index is 12.0. The SMILES string of the molecule is Cc1cc(C(=O)NCCN2C(=O)CCCC2=O)ccc1Cl. The van der Waals surface area contributed by atoms with E-state index >= 15 is 0 Å². The van der Waals surface area contributed by atoms with Crippen molar-refractivity contribution in [2.24, 2.45) is 0 Å². The number of hydrogen-bond acceptors (Lipinski definition) is 3. The van der Waals surface area contributed by atoms with Crippen LogP contribution in [0.25, 0.3) is 0 Å². The van der Waals surface area contributed by atoms with Gasteiger partial charge in [-0.15, -0.1) is 0 Å². The number of likely N-dealkylation sites (tertiary alicyclic amines) is 1. The highest BCUT2D eigenvalue weighted by Crippen LogP contribution is 2.16. The van der Waals surface area contributed by atoms with Crippen LogP contribution in [0.3, 0.4) is 0 Å². The number of hydrogen-bond donors (Lipinski definition) is 1. The zero-order valence-corrected chi connectivity index (χ0v) is 12.6. The van der Waals surface area contributed by atoms with Crippen molar-refractivity contribution in [2.45, 2.75) is 26.2 Å². The number of piperidine rings is 1. The van der Waals surface area contributed by atoms with Gasteiger partial charge in [0.15, 0.2) is 0 Å². The smallest absolute Gasteiger partial charge is 0.251 e.